The fourth-order valence-electron chi connectivity index (χ4n) is 1.34. The van der Waals surface area contributed by atoms with E-state index >= 15 is 0 Å². The molecule has 2 N–H and O–H groups in total. The van der Waals surface area contributed by atoms with E-state index in [-0.39, 0.29) is 5.62 Å². The van der Waals surface area contributed by atoms with Crippen LogP contribution >= 0.6 is 11.8 Å². The molecule has 3 nitrogen and oxygen atoms in total. The Kier molecular flexibility index (Phi) is 2.96. The van der Waals surface area contributed by atoms with Crippen LogP contribution in [0.4, 0.5) is 5.69 Å². The van der Waals surface area contributed by atoms with Crippen molar-refractivity contribution in [1.29, 1.82) is 0 Å². The minimum Gasteiger partial charge on any atom is -0.399 e. The molecule has 1 aromatic rings. The fourth-order valence-corrected chi connectivity index (χ4v) is 2.30. The van der Waals surface area contributed by atoms with E-state index in [4.69, 9.17) is 15.2 Å². The topological polar surface area (TPSA) is 44.5 Å². The molecule has 1 aliphatic rings. The van der Waals surface area contributed by atoms with Crippen molar-refractivity contribution in [3.8, 4) is 0 Å². The molecule has 0 saturated heterocycles. The minimum absolute atomic E-state index is 0.170. The number of nitrogens with two attached hydrogens (primary N) is 1. The Labute approximate surface area is 87.6 Å². The largest absolute Gasteiger partial charge is 0.399 e. The Bertz CT molecular complexity index is 330. The molecule has 2 rings (SSSR count). The first-order valence-corrected chi connectivity index (χ1v) is 5.46. The minimum atomic E-state index is -0.170. The van der Waals surface area contributed by atoms with Gasteiger partial charge in [-0.3, -0.25) is 0 Å². The molecule has 14 heavy (non-hydrogen) atoms. The van der Waals surface area contributed by atoms with E-state index in [1.165, 1.54) is 4.90 Å². The second-order valence-corrected chi connectivity index (χ2v) is 4.10. The third-order valence-electron chi connectivity index (χ3n) is 1.99. The Hall–Kier alpha value is -0.710. The van der Waals surface area contributed by atoms with E-state index < -0.39 is 0 Å². The average Bonchev–Trinajstić information content (AvgIpc) is 2.19. The highest BCUT2D eigenvalue weighted by atomic mass is 32.2. The standard InChI is InChI=1S/C10H13NO2S/c1-2-12-10-13-6-7-5-8(11)3-4-9(7)14-10/h3-5,10H,2,6,11H2,1H3. The monoisotopic (exact) mass is 211 g/mol. The van der Waals surface area contributed by atoms with Crippen LogP contribution in [0, 0.1) is 0 Å². The van der Waals surface area contributed by atoms with Gasteiger partial charge in [-0.2, -0.15) is 0 Å². The predicted octanol–water partition coefficient (Wildman–Crippen LogP) is 2.21. The highest BCUT2D eigenvalue weighted by Crippen LogP contribution is 2.34. The number of nitrogen functional groups attached to an aromatic ring is 1. The van der Waals surface area contributed by atoms with Crippen molar-refractivity contribution in [3.63, 3.8) is 0 Å². The van der Waals surface area contributed by atoms with Crippen LogP contribution in [0.3, 0.4) is 0 Å². The van der Waals surface area contributed by atoms with Crippen molar-refractivity contribution >= 4 is 17.4 Å². The molecule has 0 saturated carbocycles. The molecule has 4 heteroatoms. The van der Waals surface area contributed by atoms with Gasteiger partial charge in [-0.25, -0.2) is 0 Å². The molecule has 0 aromatic heterocycles. The maximum Gasteiger partial charge on any atom is 0.211 e. The van der Waals surface area contributed by atoms with Gasteiger partial charge in [0.05, 0.1) is 6.61 Å². The molecule has 76 valence electrons. The van der Waals surface area contributed by atoms with E-state index in [1.54, 1.807) is 11.8 Å². The highest BCUT2D eigenvalue weighted by molar-refractivity contribution is 7.99. The van der Waals surface area contributed by atoms with Crippen LogP contribution in [-0.2, 0) is 16.1 Å². The van der Waals surface area contributed by atoms with Crippen molar-refractivity contribution in [1.82, 2.24) is 0 Å². The lowest BCUT2D eigenvalue weighted by Gasteiger charge is -2.24. The van der Waals surface area contributed by atoms with Crippen LogP contribution in [0.2, 0.25) is 0 Å². The van der Waals surface area contributed by atoms with Gasteiger partial charge in [-0.1, -0.05) is 11.8 Å². The van der Waals surface area contributed by atoms with Crippen molar-refractivity contribution in [2.24, 2.45) is 0 Å². The zero-order valence-electron chi connectivity index (χ0n) is 8.03. The molecule has 0 bridgehead atoms. The first kappa shape index (κ1) is 9.83. The Balaban J connectivity index is 2.15. The maximum atomic E-state index is 5.68. The number of thioether (sulfide) groups is 1. The summed E-state index contributed by atoms with van der Waals surface area (Å²) in [6.07, 6.45) is 0. The molecule has 0 fully saturated rings. The Morgan fingerprint density at radius 2 is 2.50 bits per heavy atom. The van der Waals surface area contributed by atoms with Crippen molar-refractivity contribution in [2.75, 3.05) is 12.3 Å². The van der Waals surface area contributed by atoms with Crippen molar-refractivity contribution in [3.05, 3.63) is 23.8 Å². The second kappa shape index (κ2) is 4.21. The van der Waals surface area contributed by atoms with Crippen LogP contribution in [0.15, 0.2) is 23.1 Å². The number of benzene rings is 1. The van der Waals surface area contributed by atoms with Gasteiger partial charge in [0.1, 0.15) is 0 Å². The smallest absolute Gasteiger partial charge is 0.211 e. The molecular weight excluding hydrogens is 198 g/mol. The van der Waals surface area contributed by atoms with Crippen molar-refractivity contribution < 1.29 is 9.47 Å². The molecule has 0 spiro atoms. The summed E-state index contributed by atoms with van der Waals surface area (Å²) in [6.45, 7) is 3.21. The van der Waals surface area contributed by atoms with Crippen LogP contribution in [0.1, 0.15) is 12.5 Å². The van der Waals surface area contributed by atoms with Crippen LogP contribution < -0.4 is 5.73 Å². The normalized spacial score (nSPS) is 20.5. The highest BCUT2D eigenvalue weighted by Gasteiger charge is 2.19. The van der Waals surface area contributed by atoms with E-state index in [0.717, 1.165) is 11.3 Å². The van der Waals surface area contributed by atoms with Crippen LogP contribution in [-0.4, -0.2) is 12.2 Å². The molecule has 0 aliphatic carbocycles. The lowest BCUT2D eigenvalue weighted by Crippen LogP contribution is -2.17. The molecule has 1 atom stereocenters. The van der Waals surface area contributed by atoms with E-state index in [2.05, 4.69) is 0 Å². The van der Waals surface area contributed by atoms with Gasteiger partial charge in [-0.15, -0.1) is 0 Å². The van der Waals surface area contributed by atoms with Gasteiger partial charge < -0.3 is 15.2 Å². The van der Waals surface area contributed by atoms with Gasteiger partial charge >= 0.3 is 0 Å². The molecule has 0 radical (unpaired) electrons. The maximum absolute atomic E-state index is 5.68. The lowest BCUT2D eigenvalue weighted by molar-refractivity contribution is -0.0895. The summed E-state index contributed by atoms with van der Waals surface area (Å²) >= 11 is 1.59. The number of anilines is 1. The zero-order valence-corrected chi connectivity index (χ0v) is 8.84. The number of rotatable bonds is 2. The third kappa shape index (κ3) is 2.03. The van der Waals surface area contributed by atoms with Gasteiger partial charge in [0.15, 0.2) is 0 Å². The summed E-state index contributed by atoms with van der Waals surface area (Å²) in [6, 6.07) is 5.87. The molecule has 1 unspecified atom stereocenters. The number of ether oxygens (including phenoxy) is 2. The van der Waals surface area contributed by atoms with E-state index in [9.17, 15) is 0 Å². The van der Waals surface area contributed by atoms with Crippen molar-refractivity contribution in [2.45, 2.75) is 24.0 Å². The van der Waals surface area contributed by atoms with Crippen LogP contribution in [0.25, 0.3) is 0 Å². The average molecular weight is 211 g/mol. The summed E-state index contributed by atoms with van der Waals surface area (Å²) in [4.78, 5) is 1.20. The van der Waals surface area contributed by atoms with Gasteiger partial charge in [-0.05, 0) is 30.7 Å². The van der Waals surface area contributed by atoms with E-state index in [1.807, 2.05) is 25.1 Å². The molecule has 0 amide bonds. The quantitative estimate of drug-likeness (QED) is 0.762. The molecule has 1 aliphatic heterocycles. The van der Waals surface area contributed by atoms with Gasteiger partial charge in [0.25, 0.3) is 0 Å². The summed E-state index contributed by atoms with van der Waals surface area (Å²) in [5.41, 5.74) is 7.43. The molecular formula is C10H13NO2S. The number of hydrogen-bond donors (Lipinski definition) is 1. The number of fused-ring (bicyclic) bond motifs is 1. The fraction of sp³-hybridized carbons (Fsp3) is 0.400. The molecule has 1 aromatic carbocycles. The predicted molar refractivity (Wildman–Crippen MR) is 56.9 cm³/mol. The first-order valence-electron chi connectivity index (χ1n) is 4.58. The number of hydrogen-bond acceptors (Lipinski definition) is 4. The summed E-state index contributed by atoms with van der Waals surface area (Å²) in [5, 5.41) is 0. The summed E-state index contributed by atoms with van der Waals surface area (Å²) < 4.78 is 10.9. The Morgan fingerprint density at radius 3 is 3.29 bits per heavy atom. The first-order chi connectivity index (χ1) is 6.79. The second-order valence-electron chi connectivity index (χ2n) is 3.04. The van der Waals surface area contributed by atoms with Gasteiger partial charge in [0.2, 0.25) is 5.62 Å². The Morgan fingerprint density at radius 1 is 1.64 bits per heavy atom. The third-order valence-corrected chi connectivity index (χ3v) is 3.10. The van der Waals surface area contributed by atoms with Gasteiger partial charge in [0, 0.05) is 17.2 Å². The zero-order chi connectivity index (χ0) is 9.97. The SMILES string of the molecule is CCOC1OCc2cc(N)ccc2S1. The van der Waals surface area contributed by atoms with E-state index in [0.29, 0.717) is 13.2 Å². The summed E-state index contributed by atoms with van der Waals surface area (Å²) in [5.74, 6) is 0. The van der Waals surface area contributed by atoms with Crippen LogP contribution in [0.5, 0.6) is 0 Å². The lowest BCUT2D eigenvalue weighted by atomic mass is 10.2. The molecule has 1 heterocycles. The summed E-state index contributed by atoms with van der Waals surface area (Å²) in [7, 11) is 0.